The van der Waals surface area contributed by atoms with Crippen molar-refractivity contribution in [1.29, 1.82) is 5.26 Å². The van der Waals surface area contributed by atoms with Gasteiger partial charge in [-0.2, -0.15) is 10.4 Å². The summed E-state index contributed by atoms with van der Waals surface area (Å²) in [6, 6.07) is 15.2. The van der Waals surface area contributed by atoms with Gasteiger partial charge in [-0.1, -0.05) is 17.7 Å². The van der Waals surface area contributed by atoms with Crippen LogP contribution in [0.1, 0.15) is 5.69 Å². The first-order chi connectivity index (χ1) is 9.28. The smallest absolute Gasteiger partial charge is 0.163 e. The molecular weight excluding hydrogens is 278 g/mol. The van der Waals surface area contributed by atoms with Gasteiger partial charge in [0.05, 0.1) is 16.3 Å². The molecule has 0 unspecified atom stereocenters. The Balaban J connectivity index is 2.18. The van der Waals surface area contributed by atoms with Crippen LogP contribution in [0.5, 0.6) is 0 Å². The number of thiophene rings is 1. The van der Waals surface area contributed by atoms with Gasteiger partial charge in [0.2, 0.25) is 0 Å². The third kappa shape index (κ3) is 2.26. The highest BCUT2D eigenvalue weighted by molar-refractivity contribution is 7.13. The summed E-state index contributed by atoms with van der Waals surface area (Å²) in [5, 5.41) is 16.0. The van der Waals surface area contributed by atoms with E-state index in [1.165, 1.54) is 0 Å². The minimum Gasteiger partial charge on any atom is -0.231 e. The predicted octanol–water partition coefficient (Wildman–Crippen LogP) is 4.13. The second-order valence-corrected chi connectivity index (χ2v) is 5.28. The fourth-order valence-electron chi connectivity index (χ4n) is 1.81. The molecule has 2 heterocycles. The number of nitrogens with zero attached hydrogens (tertiary/aromatic N) is 3. The molecule has 5 heteroatoms. The zero-order valence-electron chi connectivity index (χ0n) is 9.75. The van der Waals surface area contributed by atoms with Crippen LogP contribution in [0.4, 0.5) is 0 Å². The third-order valence-electron chi connectivity index (χ3n) is 2.67. The van der Waals surface area contributed by atoms with E-state index in [2.05, 4.69) is 11.2 Å². The topological polar surface area (TPSA) is 41.6 Å². The second-order valence-electron chi connectivity index (χ2n) is 3.89. The number of halogens is 1. The number of benzene rings is 1. The Kier molecular flexibility index (Phi) is 3.08. The molecule has 0 atom stereocenters. The maximum Gasteiger partial charge on any atom is 0.163 e. The summed E-state index contributed by atoms with van der Waals surface area (Å²) >= 11 is 7.51. The first kappa shape index (κ1) is 12.0. The van der Waals surface area contributed by atoms with E-state index in [9.17, 15) is 0 Å². The average molecular weight is 286 g/mol. The molecule has 0 bridgehead atoms. The lowest BCUT2D eigenvalue weighted by molar-refractivity contribution is 0.882. The predicted molar refractivity (Wildman–Crippen MR) is 76.6 cm³/mol. The monoisotopic (exact) mass is 285 g/mol. The SMILES string of the molecule is N#Cc1cc(-c2cccs2)n(-c2ccc(Cl)cc2)n1. The van der Waals surface area contributed by atoms with Crippen molar-refractivity contribution < 1.29 is 0 Å². The van der Waals surface area contributed by atoms with Gasteiger partial charge in [-0.15, -0.1) is 11.3 Å². The molecule has 0 radical (unpaired) electrons. The van der Waals surface area contributed by atoms with E-state index in [1.54, 1.807) is 22.1 Å². The standard InChI is InChI=1S/C14H8ClN3S/c15-10-3-5-12(6-4-10)18-13(8-11(9-16)17-18)14-2-1-7-19-14/h1-8H. The zero-order chi connectivity index (χ0) is 13.2. The Morgan fingerprint density at radius 2 is 2.00 bits per heavy atom. The molecule has 3 nitrogen and oxygen atoms in total. The molecule has 0 spiro atoms. The van der Waals surface area contributed by atoms with Crippen molar-refractivity contribution in [2.75, 3.05) is 0 Å². The van der Waals surface area contributed by atoms with E-state index in [4.69, 9.17) is 16.9 Å². The normalized spacial score (nSPS) is 10.3. The van der Waals surface area contributed by atoms with Gasteiger partial charge in [0.1, 0.15) is 6.07 Å². The van der Waals surface area contributed by atoms with Crippen molar-refractivity contribution in [2.45, 2.75) is 0 Å². The van der Waals surface area contributed by atoms with Crippen LogP contribution in [0.3, 0.4) is 0 Å². The van der Waals surface area contributed by atoms with E-state index in [-0.39, 0.29) is 0 Å². The molecule has 3 rings (SSSR count). The highest BCUT2D eigenvalue weighted by Crippen LogP contribution is 2.28. The Bertz CT molecular complexity index is 736. The van der Waals surface area contributed by atoms with E-state index in [0.29, 0.717) is 10.7 Å². The summed E-state index contributed by atoms with van der Waals surface area (Å²) in [6.07, 6.45) is 0. The average Bonchev–Trinajstić information content (AvgIpc) is 3.08. The quantitative estimate of drug-likeness (QED) is 0.710. The van der Waals surface area contributed by atoms with Gasteiger partial charge in [0, 0.05) is 11.1 Å². The lowest BCUT2D eigenvalue weighted by Gasteiger charge is -2.05. The van der Waals surface area contributed by atoms with Crippen LogP contribution >= 0.6 is 22.9 Å². The number of aromatic nitrogens is 2. The van der Waals surface area contributed by atoms with Gasteiger partial charge in [-0.3, -0.25) is 0 Å². The van der Waals surface area contributed by atoms with Gasteiger partial charge < -0.3 is 0 Å². The van der Waals surface area contributed by atoms with E-state index >= 15 is 0 Å². The molecule has 19 heavy (non-hydrogen) atoms. The first-order valence-electron chi connectivity index (χ1n) is 5.58. The van der Waals surface area contributed by atoms with Gasteiger partial charge in [-0.05, 0) is 35.7 Å². The number of hydrogen-bond donors (Lipinski definition) is 0. The van der Waals surface area contributed by atoms with Crippen molar-refractivity contribution in [3.63, 3.8) is 0 Å². The van der Waals surface area contributed by atoms with Crippen LogP contribution in [0, 0.1) is 11.3 Å². The first-order valence-corrected chi connectivity index (χ1v) is 6.83. The highest BCUT2D eigenvalue weighted by atomic mass is 35.5. The minimum absolute atomic E-state index is 0.401. The largest absolute Gasteiger partial charge is 0.231 e. The lowest BCUT2D eigenvalue weighted by atomic mass is 10.3. The molecule has 0 aliphatic rings. The van der Waals surface area contributed by atoms with Crippen LogP contribution < -0.4 is 0 Å². The minimum atomic E-state index is 0.401. The van der Waals surface area contributed by atoms with Gasteiger partial charge >= 0.3 is 0 Å². The van der Waals surface area contributed by atoms with Crippen LogP contribution in [0.2, 0.25) is 5.02 Å². The molecule has 0 saturated heterocycles. The number of rotatable bonds is 2. The van der Waals surface area contributed by atoms with E-state index < -0.39 is 0 Å². The highest BCUT2D eigenvalue weighted by Gasteiger charge is 2.12. The Labute approximate surface area is 119 Å². The summed E-state index contributed by atoms with van der Waals surface area (Å²) in [5.74, 6) is 0. The Hall–Kier alpha value is -2.09. The summed E-state index contributed by atoms with van der Waals surface area (Å²) < 4.78 is 1.76. The van der Waals surface area contributed by atoms with Crippen LogP contribution in [0.15, 0.2) is 47.8 Å². The molecule has 0 N–H and O–H groups in total. The van der Waals surface area contributed by atoms with Gasteiger partial charge in [0.15, 0.2) is 5.69 Å². The molecule has 0 aliphatic carbocycles. The fourth-order valence-corrected chi connectivity index (χ4v) is 2.67. The molecule has 3 aromatic rings. The molecule has 92 valence electrons. The third-order valence-corrected chi connectivity index (χ3v) is 3.81. The molecule has 0 saturated carbocycles. The van der Waals surface area contributed by atoms with Crippen molar-refractivity contribution in [1.82, 2.24) is 9.78 Å². The Morgan fingerprint density at radius 1 is 1.21 bits per heavy atom. The van der Waals surface area contributed by atoms with Gasteiger partial charge in [0.25, 0.3) is 0 Å². The summed E-state index contributed by atoms with van der Waals surface area (Å²) in [5.41, 5.74) is 2.20. The number of hydrogen-bond acceptors (Lipinski definition) is 3. The lowest BCUT2D eigenvalue weighted by Crippen LogP contribution is -1.98. The molecule has 0 fully saturated rings. The fraction of sp³-hybridized carbons (Fsp3) is 0. The zero-order valence-corrected chi connectivity index (χ0v) is 11.3. The molecule has 1 aromatic carbocycles. The van der Waals surface area contributed by atoms with Crippen molar-refractivity contribution in [3.05, 3.63) is 58.6 Å². The molecule has 0 aliphatic heterocycles. The molecule has 2 aromatic heterocycles. The molecule has 0 amide bonds. The van der Waals surface area contributed by atoms with Crippen LogP contribution in [-0.4, -0.2) is 9.78 Å². The van der Waals surface area contributed by atoms with Crippen LogP contribution in [-0.2, 0) is 0 Å². The van der Waals surface area contributed by atoms with Crippen LogP contribution in [0.25, 0.3) is 16.3 Å². The van der Waals surface area contributed by atoms with Crippen molar-refractivity contribution in [2.24, 2.45) is 0 Å². The summed E-state index contributed by atoms with van der Waals surface area (Å²) in [6.45, 7) is 0. The van der Waals surface area contributed by atoms with Crippen molar-refractivity contribution >= 4 is 22.9 Å². The second kappa shape index (κ2) is 4.88. The summed E-state index contributed by atoms with van der Waals surface area (Å²) in [7, 11) is 0. The Morgan fingerprint density at radius 3 is 2.63 bits per heavy atom. The molecular formula is C14H8ClN3S. The van der Waals surface area contributed by atoms with Crippen molar-refractivity contribution in [3.8, 4) is 22.3 Å². The number of nitriles is 1. The van der Waals surface area contributed by atoms with Gasteiger partial charge in [-0.25, -0.2) is 4.68 Å². The summed E-state index contributed by atoms with van der Waals surface area (Å²) in [4.78, 5) is 1.07. The van der Waals surface area contributed by atoms with E-state index in [1.807, 2.05) is 41.8 Å². The maximum atomic E-state index is 9.02. The maximum absolute atomic E-state index is 9.02. The van der Waals surface area contributed by atoms with E-state index in [0.717, 1.165) is 16.3 Å².